The van der Waals surface area contributed by atoms with Gasteiger partial charge in [0.05, 0.1) is 5.70 Å². The fraction of sp³-hybridized carbons (Fsp3) is 0.250. The highest BCUT2D eigenvalue weighted by atomic mass is 32.2. The van der Waals surface area contributed by atoms with Crippen LogP contribution in [0.2, 0.25) is 0 Å². The summed E-state index contributed by atoms with van der Waals surface area (Å²) in [4.78, 5) is 5.54. The minimum atomic E-state index is -6.09. The quantitative estimate of drug-likeness (QED) is 0.630. The van der Waals surface area contributed by atoms with Gasteiger partial charge in [0.15, 0.2) is 16.5 Å². The van der Waals surface area contributed by atoms with Crippen LogP contribution in [0.3, 0.4) is 0 Å². The van der Waals surface area contributed by atoms with Crippen LogP contribution < -0.4 is 4.90 Å². The molecule has 0 amide bonds. The highest BCUT2D eigenvalue weighted by Crippen LogP contribution is 2.20. The van der Waals surface area contributed by atoms with E-state index in [9.17, 15) is 13.2 Å². The Hall–Kier alpha value is -1.71. The van der Waals surface area contributed by atoms with Gasteiger partial charge in [-0.05, 0) is 19.1 Å². The van der Waals surface area contributed by atoms with Gasteiger partial charge in [0.1, 0.15) is 11.4 Å². The van der Waals surface area contributed by atoms with Crippen molar-refractivity contribution in [3.63, 3.8) is 0 Å². The number of aliphatic imine (C=N–C) groups is 1. The maximum absolute atomic E-state index is 10.7. The number of hydrogen-bond acceptors (Lipinski definition) is 4. The van der Waals surface area contributed by atoms with E-state index in [4.69, 9.17) is 13.0 Å². The van der Waals surface area contributed by atoms with Crippen molar-refractivity contribution in [1.82, 2.24) is 0 Å². The number of para-hydroxylation sites is 1. The molecule has 0 saturated heterocycles. The molecule has 0 aliphatic carbocycles. The summed E-state index contributed by atoms with van der Waals surface area (Å²) in [6, 6.07) is 10.4. The molecule has 1 unspecified atom stereocenters. The maximum atomic E-state index is 10.7. The van der Waals surface area contributed by atoms with Gasteiger partial charge >= 0.3 is 5.51 Å². The third-order valence-corrected chi connectivity index (χ3v) is 3.27. The lowest BCUT2D eigenvalue weighted by atomic mass is 10.3. The van der Waals surface area contributed by atoms with Crippen molar-refractivity contribution in [3.8, 4) is 0 Å². The summed E-state index contributed by atoms with van der Waals surface area (Å²) < 4.78 is 58.9. The van der Waals surface area contributed by atoms with E-state index in [-0.39, 0.29) is 0 Å². The Morgan fingerprint density at radius 1 is 1.14 bits per heavy atom. The van der Waals surface area contributed by atoms with Crippen molar-refractivity contribution in [2.45, 2.75) is 19.4 Å². The Labute approximate surface area is 120 Å². The summed E-state index contributed by atoms with van der Waals surface area (Å²) >= 11 is 0. The zero-order valence-electron chi connectivity index (χ0n) is 11.2. The number of rotatable bonds is 1. The minimum Gasteiger partial charge on any atom is -0.741 e. The maximum Gasteiger partial charge on any atom is 0.485 e. The molecule has 116 valence electrons. The van der Waals surface area contributed by atoms with E-state index >= 15 is 0 Å². The Kier molecular flexibility index (Phi) is 5.26. The Bertz CT molecular complexity index is 652. The molecule has 0 saturated carbocycles. The number of nitrogens with zero attached hydrogens (tertiary/aromatic N) is 1. The Morgan fingerprint density at radius 3 is 1.95 bits per heavy atom. The molecule has 1 N–H and O–H groups in total. The standard InChI is InChI=1S/C11H12N2.CHF3O3S/c1-9-10(2)13(8-12-9)11-6-4-3-5-7-11;2-1(3,4)8(5,6)7/h3-8H,1-2H3;(H,5,6,7). The largest absolute Gasteiger partial charge is 0.741 e. The van der Waals surface area contributed by atoms with E-state index in [1.165, 1.54) is 16.3 Å². The number of benzene rings is 1. The molecule has 0 fully saturated rings. The zero-order valence-corrected chi connectivity index (χ0v) is 12.0. The number of allylic oxidation sites excluding steroid dienone is 2. The van der Waals surface area contributed by atoms with E-state index in [0.29, 0.717) is 0 Å². The summed E-state index contributed by atoms with van der Waals surface area (Å²) in [5.74, 6) is 0. The first-order valence-electron chi connectivity index (χ1n) is 5.70. The minimum absolute atomic E-state index is 1.12. The summed E-state index contributed by atoms with van der Waals surface area (Å²) in [7, 11) is -6.09. The number of quaternary nitrogens is 1. The normalized spacial score (nSPS) is 18.5. The van der Waals surface area contributed by atoms with Crippen LogP contribution in [0.15, 0.2) is 46.7 Å². The van der Waals surface area contributed by atoms with Crippen LogP contribution in [0.25, 0.3) is 0 Å². The van der Waals surface area contributed by atoms with E-state index in [1.54, 1.807) is 0 Å². The summed E-state index contributed by atoms with van der Waals surface area (Å²) in [6.45, 7) is 4.16. The number of alkyl halides is 3. The molecule has 0 bridgehead atoms. The molecule has 2 rings (SSSR count). The summed E-state index contributed by atoms with van der Waals surface area (Å²) in [6.07, 6.45) is 1.94. The Balaban J connectivity index is 0.000000240. The summed E-state index contributed by atoms with van der Waals surface area (Å²) in [5.41, 5.74) is -1.99. The molecule has 1 aromatic carbocycles. The lowest BCUT2D eigenvalue weighted by Gasteiger charge is -2.08. The second kappa shape index (κ2) is 6.37. The van der Waals surface area contributed by atoms with Gasteiger partial charge in [0.25, 0.3) is 0 Å². The fourth-order valence-electron chi connectivity index (χ4n) is 1.46. The van der Waals surface area contributed by atoms with Crippen LogP contribution in [-0.4, -0.2) is 24.8 Å². The predicted molar refractivity (Wildman–Crippen MR) is 69.7 cm³/mol. The van der Waals surface area contributed by atoms with Gasteiger partial charge in [0, 0.05) is 6.92 Å². The van der Waals surface area contributed by atoms with Gasteiger partial charge in [-0.1, -0.05) is 18.2 Å². The van der Waals surface area contributed by atoms with Crippen molar-refractivity contribution >= 4 is 22.1 Å². The van der Waals surface area contributed by atoms with Crippen molar-refractivity contribution in [2.75, 3.05) is 0 Å². The van der Waals surface area contributed by atoms with Crippen molar-refractivity contribution in [2.24, 2.45) is 4.99 Å². The third-order valence-electron chi connectivity index (χ3n) is 2.70. The van der Waals surface area contributed by atoms with E-state index < -0.39 is 15.6 Å². The zero-order chi connectivity index (χ0) is 16.3. The van der Waals surface area contributed by atoms with Gasteiger partial charge in [-0.15, -0.1) is 0 Å². The average molecular weight is 322 g/mol. The van der Waals surface area contributed by atoms with Crippen LogP contribution in [-0.2, 0) is 10.1 Å². The molecule has 1 heterocycles. The highest BCUT2D eigenvalue weighted by molar-refractivity contribution is 7.86. The highest BCUT2D eigenvalue weighted by Gasteiger charge is 2.36. The van der Waals surface area contributed by atoms with E-state index in [2.05, 4.69) is 36.2 Å². The van der Waals surface area contributed by atoms with Crippen molar-refractivity contribution in [1.29, 1.82) is 0 Å². The van der Waals surface area contributed by atoms with Crippen molar-refractivity contribution < 1.29 is 31.0 Å². The smallest absolute Gasteiger partial charge is 0.485 e. The SMILES string of the molecule is CC1=C(C)[NH+](c2ccccc2)C=N1.O=S(=O)([O-])C(F)(F)F. The van der Waals surface area contributed by atoms with Gasteiger partial charge < -0.3 is 4.55 Å². The second-order valence-electron chi connectivity index (χ2n) is 4.15. The van der Waals surface area contributed by atoms with Crippen LogP contribution >= 0.6 is 0 Å². The lowest BCUT2D eigenvalue weighted by Crippen LogP contribution is -3.02. The first-order chi connectivity index (χ1) is 9.54. The van der Waals surface area contributed by atoms with Crippen LogP contribution in [0, 0.1) is 0 Å². The second-order valence-corrected chi connectivity index (χ2v) is 5.52. The van der Waals surface area contributed by atoms with E-state index in [0.717, 1.165) is 5.70 Å². The first kappa shape index (κ1) is 17.3. The number of halogens is 3. The molecule has 1 aliphatic rings. The average Bonchev–Trinajstić information content (AvgIpc) is 2.69. The molecule has 5 nitrogen and oxygen atoms in total. The van der Waals surface area contributed by atoms with Gasteiger partial charge in [-0.3, -0.25) is 0 Å². The molecule has 21 heavy (non-hydrogen) atoms. The van der Waals surface area contributed by atoms with Gasteiger partial charge in [0.2, 0.25) is 0 Å². The number of nitrogens with one attached hydrogen (secondary N) is 1. The fourth-order valence-corrected chi connectivity index (χ4v) is 1.46. The topological polar surface area (TPSA) is 74.0 Å². The lowest BCUT2D eigenvalue weighted by molar-refractivity contribution is -0.673. The summed E-state index contributed by atoms with van der Waals surface area (Å²) in [5, 5.41) is 0. The van der Waals surface area contributed by atoms with Gasteiger partial charge in [-0.25, -0.2) is 18.3 Å². The predicted octanol–water partition coefficient (Wildman–Crippen LogP) is 1.55. The van der Waals surface area contributed by atoms with Crippen LogP contribution in [0.1, 0.15) is 13.8 Å². The molecule has 1 atom stereocenters. The number of hydrogen-bond donors (Lipinski definition) is 1. The monoisotopic (exact) mass is 322 g/mol. The molecular weight excluding hydrogens is 309 g/mol. The van der Waals surface area contributed by atoms with E-state index in [1.807, 2.05) is 19.3 Å². The van der Waals surface area contributed by atoms with Crippen molar-refractivity contribution in [3.05, 3.63) is 41.7 Å². The van der Waals surface area contributed by atoms with Crippen LogP contribution in [0.4, 0.5) is 18.9 Å². The molecule has 1 aromatic rings. The third kappa shape index (κ3) is 4.66. The molecule has 0 aromatic heterocycles. The van der Waals surface area contributed by atoms with Crippen LogP contribution in [0.5, 0.6) is 0 Å². The Morgan fingerprint density at radius 2 is 1.62 bits per heavy atom. The molecule has 0 spiro atoms. The first-order valence-corrected chi connectivity index (χ1v) is 7.11. The molecule has 9 heteroatoms. The molecular formula is C12H13F3N2O3S. The molecule has 0 radical (unpaired) electrons. The van der Waals surface area contributed by atoms with Gasteiger partial charge in [-0.2, -0.15) is 13.2 Å². The molecule has 1 aliphatic heterocycles.